The summed E-state index contributed by atoms with van der Waals surface area (Å²) in [5, 5.41) is 3.01. The van der Waals surface area contributed by atoms with Gasteiger partial charge < -0.3 is 5.32 Å². The highest BCUT2D eigenvalue weighted by atomic mass is 19.1. The van der Waals surface area contributed by atoms with Crippen LogP contribution < -0.4 is 5.32 Å². The van der Waals surface area contributed by atoms with Gasteiger partial charge in [-0.1, -0.05) is 24.3 Å². The number of fused-ring (bicyclic) bond motifs is 1. The minimum absolute atomic E-state index is 0.0108. The van der Waals surface area contributed by atoms with E-state index < -0.39 is 0 Å². The Morgan fingerprint density at radius 3 is 2.74 bits per heavy atom. The van der Waals surface area contributed by atoms with Gasteiger partial charge in [0.15, 0.2) is 0 Å². The zero-order chi connectivity index (χ0) is 13.2. The molecule has 19 heavy (non-hydrogen) atoms. The Bertz CT molecular complexity index is 609. The molecule has 3 rings (SSSR count). The lowest BCUT2D eigenvalue weighted by Crippen LogP contribution is -2.27. The van der Waals surface area contributed by atoms with Gasteiger partial charge in [-0.3, -0.25) is 4.79 Å². The van der Waals surface area contributed by atoms with Crippen LogP contribution in [-0.2, 0) is 6.42 Å². The van der Waals surface area contributed by atoms with E-state index in [9.17, 15) is 9.18 Å². The summed E-state index contributed by atoms with van der Waals surface area (Å²) in [7, 11) is 0. The fraction of sp³-hybridized carbons (Fsp3) is 0.188. The summed E-state index contributed by atoms with van der Waals surface area (Å²) in [6.45, 7) is 0. The van der Waals surface area contributed by atoms with E-state index in [1.165, 1.54) is 6.07 Å². The lowest BCUT2D eigenvalue weighted by molar-refractivity contribution is 0.0936. The molecule has 0 spiro atoms. The van der Waals surface area contributed by atoms with Gasteiger partial charge in [-0.25, -0.2) is 4.39 Å². The maximum Gasteiger partial charge on any atom is 0.251 e. The van der Waals surface area contributed by atoms with Crippen molar-refractivity contribution < 1.29 is 9.18 Å². The molecular weight excluding hydrogens is 241 g/mol. The van der Waals surface area contributed by atoms with Crippen LogP contribution in [0.25, 0.3) is 0 Å². The summed E-state index contributed by atoms with van der Waals surface area (Å²) >= 11 is 0. The molecular formula is C16H14FNO. The summed E-state index contributed by atoms with van der Waals surface area (Å²) < 4.78 is 13.1. The molecule has 2 aromatic rings. The van der Waals surface area contributed by atoms with Crippen LogP contribution in [-0.4, -0.2) is 5.91 Å². The molecule has 96 valence electrons. The second-order valence-electron chi connectivity index (χ2n) is 4.77. The number of amides is 1. The molecule has 1 N–H and O–H groups in total. The standard InChI is InChI=1S/C16H14FNO/c17-13-7-8-14-12(10-13)6-9-15(14)18-16(19)11-4-2-1-3-5-11/h1-5,7-8,10,15H,6,9H2,(H,18,19)/t15-/m1/s1. The van der Waals surface area contributed by atoms with Gasteiger partial charge in [0.2, 0.25) is 0 Å². The number of benzene rings is 2. The van der Waals surface area contributed by atoms with Crippen molar-refractivity contribution in [2.24, 2.45) is 0 Å². The van der Waals surface area contributed by atoms with Gasteiger partial charge in [-0.2, -0.15) is 0 Å². The van der Waals surface area contributed by atoms with Gasteiger partial charge in [0.25, 0.3) is 5.91 Å². The van der Waals surface area contributed by atoms with Gasteiger partial charge in [0.05, 0.1) is 6.04 Å². The number of carbonyl (C=O) groups is 1. The van der Waals surface area contributed by atoms with Crippen molar-refractivity contribution in [1.29, 1.82) is 0 Å². The zero-order valence-electron chi connectivity index (χ0n) is 10.4. The highest BCUT2D eigenvalue weighted by Gasteiger charge is 2.24. The highest BCUT2D eigenvalue weighted by Crippen LogP contribution is 2.31. The first-order chi connectivity index (χ1) is 9.24. The van der Waals surface area contributed by atoms with Crippen LogP contribution in [0.3, 0.4) is 0 Å². The first-order valence-corrected chi connectivity index (χ1v) is 6.38. The largest absolute Gasteiger partial charge is 0.345 e. The number of aryl methyl sites for hydroxylation is 1. The zero-order valence-corrected chi connectivity index (χ0v) is 10.4. The van der Waals surface area contributed by atoms with Crippen LogP contribution in [0.1, 0.15) is 33.9 Å². The van der Waals surface area contributed by atoms with Crippen LogP contribution in [0.4, 0.5) is 4.39 Å². The third kappa shape index (κ3) is 2.36. The molecule has 3 heteroatoms. The lowest BCUT2D eigenvalue weighted by atomic mass is 10.1. The average Bonchev–Trinajstić information content (AvgIpc) is 2.82. The average molecular weight is 255 g/mol. The van der Waals surface area contributed by atoms with E-state index in [0.29, 0.717) is 5.56 Å². The number of halogens is 1. The molecule has 1 aliphatic carbocycles. The fourth-order valence-electron chi connectivity index (χ4n) is 2.57. The van der Waals surface area contributed by atoms with E-state index in [0.717, 1.165) is 24.0 Å². The molecule has 1 amide bonds. The third-order valence-electron chi connectivity index (χ3n) is 3.52. The third-order valence-corrected chi connectivity index (χ3v) is 3.52. The number of hydrogen-bond donors (Lipinski definition) is 1. The molecule has 1 aliphatic rings. The van der Waals surface area contributed by atoms with Gasteiger partial charge in [-0.05, 0) is 48.2 Å². The normalized spacial score (nSPS) is 17.0. The minimum Gasteiger partial charge on any atom is -0.345 e. The van der Waals surface area contributed by atoms with Crippen molar-refractivity contribution in [3.8, 4) is 0 Å². The highest BCUT2D eigenvalue weighted by molar-refractivity contribution is 5.94. The number of carbonyl (C=O) groups excluding carboxylic acids is 1. The molecule has 0 heterocycles. The van der Waals surface area contributed by atoms with E-state index in [1.807, 2.05) is 18.2 Å². The quantitative estimate of drug-likeness (QED) is 0.877. The number of nitrogens with one attached hydrogen (secondary N) is 1. The maximum atomic E-state index is 13.1. The van der Waals surface area contributed by atoms with Crippen LogP contribution in [0.2, 0.25) is 0 Å². The molecule has 0 saturated carbocycles. The molecule has 0 aliphatic heterocycles. The Balaban J connectivity index is 1.78. The summed E-state index contributed by atoms with van der Waals surface area (Å²) in [5.74, 6) is -0.295. The number of hydrogen-bond acceptors (Lipinski definition) is 1. The van der Waals surface area contributed by atoms with Gasteiger partial charge >= 0.3 is 0 Å². The topological polar surface area (TPSA) is 29.1 Å². The van der Waals surface area contributed by atoms with E-state index in [4.69, 9.17) is 0 Å². The summed E-state index contributed by atoms with van der Waals surface area (Å²) in [6.07, 6.45) is 1.64. The van der Waals surface area contributed by atoms with Crippen molar-refractivity contribution in [3.63, 3.8) is 0 Å². The molecule has 1 atom stereocenters. The molecule has 2 aromatic carbocycles. The summed E-state index contributed by atoms with van der Waals surface area (Å²) in [5.41, 5.74) is 2.68. The summed E-state index contributed by atoms with van der Waals surface area (Å²) in [6, 6.07) is 13.9. The first-order valence-electron chi connectivity index (χ1n) is 6.38. The molecule has 0 saturated heterocycles. The predicted octanol–water partition coefficient (Wildman–Crippen LogP) is 3.24. The van der Waals surface area contributed by atoms with Crippen molar-refractivity contribution in [1.82, 2.24) is 5.32 Å². The SMILES string of the molecule is O=C(N[C@@H]1CCc2cc(F)ccc21)c1ccccc1. The molecule has 0 aromatic heterocycles. The second kappa shape index (κ2) is 4.84. The van der Waals surface area contributed by atoms with Crippen LogP contribution in [0, 0.1) is 5.82 Å². The molecule has 0 fully saturated rings. The molecule has 0 unspecified atom stereocenters. The van der Waals surface area contributed by atoms with Gasteiger partial charge in [-0.15, -0.1) is 0 Å². The van der Waals surface area contributed by atoms with Crippen LogP contribution >= 0.6 is 0 Å². The number of rotatable bonds is 2. The molecule has 2 nitrogen and oxygen atoms in total. The second-order valence-corrected chi connectivity index (χ2v) is 4.77. The van der Waals surface area contributed by atoms with E-state index in [-0.39, 0.29) is 17.8 Å². The Kier molecular flexibility index (Phi) is 3.03. The van der Waals surface area contributed by atoms with Gasteiger partial charge in [0, 0.05) is 5.56 Å². The van der Waals surface area contributed by atoms with Crippen molar-refractivity contribution in [3.05, 3.63) is 71.0 Å². The Morgan fingerprint density at radius 2 is 1.95 bits per heavy atom. The minimum atomic E-state index is -0.214. The van der Waals surface area contributed by atoms with E-state index >= 15 is 0 Å². The maximum absolute atomic E-state index is 13.1. The van der Waals surface area contributed by atoms with E-state index in [2.05, 4.69) is 5.32 Å². The van der Waals surface area contributed by atoms with E-state index in [1.54, 1.807) is 24.3 Å². The molecule has 0 radical (unpaired) electrons. The van der Waals surface area contributed by atoms with Crippen LogP contribution in [0.5, 0.6) is 0 Å². The van der Waals surface area contributed by atoms with Crippen molar-refractivity contribution in [2.45, 2.75) is 18.9 Å². The van der Waals surface area contributed by atoms with Crippen LogP contribution in [0.15, 0.2) is 48.5 Å². The fourth-order valence-corrected chi connectivity index (χ4v) is 2.57. The summed E-state index contributed by atoms with van der Waals surface area (Å²) in [4.78, 5) is 12.1. The first kappa shape index (κ1) is 11.9. The van der Waals surface area contributed by atoms with Crippen molar-refractivity contribution >= 4 is 5.91 Å². The lowest BCUT2D eigenvalue weighted by Gasteiger charge is -2.14. The van der Waals surface area contributed by atoms with Gasteiger partial charge in [0.1, 0.15) is 5.82 Å². The smallest absolute Gasteiger partial charge is 0.251 e. The monoisotopic (exact) mass is 255 g/mol. The Labute approximate surface area is 111 Å². The van der Waals surface area contributed by atoms with Crippen molar-refractivity contribution in [2.75, 3.05) is 0 Å². The Hall–Kier alpha value is -2.16. The predicted molar refractivity (Wildman–Crippen MR) is 71.4 cm³/mol. The Morgan fingerprint density at radius 1 is 1.16 bits per heavy atom. The molecule has 0 bridgehead atoms.